The summed E-state index contributed by atoms with van der Waals surface area (Å²) in [4.78, 5) is 12.6. The van der Waals surface area contributed by atoms with Crippen LogP contribution in [0.15, 0.2) is 11.6 Å². The molecule has 7 nitrogen and oxygen atoms in total. The molecule has 5 aliphatic rings. The number of unbranched alkanes of at least 4 members (excludes halogenated alkanes) is 10. The predicted molar refractivity (Wildman–Crippen MR) is 226 cm³/mol. The van der Waals surface area contributed by atoms with Gasteiger partial charge in [0.15, 0.2) is 6.29 Å². The number of hydrogen-bond acceptors (Lipinski definition) is 7. The van der Waals surface area contributed by atoms with Crippen LogP contribution in [0, 0.1) is 52.3 Å². The van der Waals surface area contributed by atoms with Gasteiger partial charge in [-0.3, -0.25) is 4.79 Å². The highest BCUT2D eigenvalue weighted by molar-refractivity contribution is 5.69. The second-order valence-electron chi connectivity index (χ2n) is 20.4. The Morgan fingerprint density at radius 2 is 1.50 bits per heavy atom. The minimum Gasteiger partial charge on any atom is -0.463 e. The van der Waals surface area contributed by atoms with Gasteiger partial charge in [0.05, 0.1) is 6.10 Å². The Balaban J connectivity index is 1.07. The molecule has 1 aliphatic heterocycles. The number of esters is 1. The maximum absolute atomic E-state index is 12.6. The molecule has 4 fully saturated rings. The Kier molecular flexibility index (Phi) is 17.7. The fourth-order valence-corrected chi connectivity index (χ4v) is 12.9. The summed E-state index contributed by atoms with van der Waals surface area (Å²) in [5, 5.41) is 32.4. The van der Waals surface area contributed by atoms with E-state index in [9.17, 15) is 20.1 Å². The van der Waals surface area contributed by atoms with Crippen molar-refractivity contribution in [3.63, 3.8) is 0 Å². The number of rotatable bonds is 22. The van der Waals surface area contributed by atoms with Gasteiger partial charge in [-0.25, -0.2) is 0 Å². The van der Waals surface area contributed by atoms with Crippen LogP contribution in [0.3, 0.4) is 0 Å². The summed E-state index contributed by atoms with van der Waals surface area (Å²) in [6.07, 6.45) is 23.3. The van der Waals surface area contributed by atoms with Gasteiger partial charge < -0.3 is 29.5 Å². The highest BCUT2D eigenvalue weighted by atomic mass is 16.7. The van der Waals surface area contributed by atoms with Crippen molar-refractivity contribution in [3.8, 4) is 0 Å². The van der Waals surface area contributed by atoms with Crippen LogP contribution in [0.2, 0.25) is 0 Å². The molecule has 14 atom stereocenters. The van der Waals surface area contributed by atoms with E-state index in [2.05, 4.69) is 54.5 Å². The summed E-state index contributed by atoms with van der Waals surface area (Å²) in [7, 11) is 0. The Labute approximate surface area is 342 Å². The first-order valence-electron chi connectivity index (χ1n) is 24.0. The van der Waals surface area contributed by atoms with Crippen LogP contribution >= 0.6 is 0 Å². The molecule has 0 amide bonds. The first kappa shape index (κ1) is 46.1. The lowest BCUT2D eigenvalue weighted by Gasteiger charge is -2.58. The molecule has 5 rings (SSSR count). The van der Waals surface area contributed by atoms with Gasteiger partial charge in [0.2, 0.25) is 0 Å². The van der Waals surface area contributed by atoms with Crippen molar-refractivity contribution in [2.45, 2.75) is 233 Å². The molecule has 0 radical (unpaired) electrons. The Bertz CT molecular complexity index is 1220. The van der Waals surface area contributed by atoms with Crippen molar-refractivity contribution in [2.24, 2.45) is 52.3 Å². The summed E-state index contributed by atoms with van der Waals surface area (Å²) in [6, 6.07) is 0. The lowest BCUT2D eigenvalue weighted by Crippen LogP contribution is -2.60. The molecule has 1 heterocycles. The topological polar surface area (TPSA) is 105 Å². The molecule has 1 saturated heterocycles. The van der Waals surface area contributed by atoms with Gasteiger partial charge in [-0.2, -0.15) is 0 Å². The number of allylic oxidation sites excluding steroid dienone is 1. The SMILES string of the molecule is CCCCCCCCCCCCCC(=O)OCC1OC(OC2CC[C@@]3(C)C(=CC[C@H]4[C@@H]5CC[C@H]([C@H](C)CC[C@@H](CC)C(C)C)[C@@]5(C)CC[C@@H]43)C2)C(O)C(O)C1O. The quantitative estimate of drug-likeness (QED) is 0.0570. The number of aliphatic hydroxyl groups is 3. The lowest BCUT2D eigenvalue weighted by molar-refractivity contribution is -0.313. The van der Waals surface area contributed by atoms with Gasteiger partial charge in [0.25, 0.3) is 0 Å². The van der Waals surface area contributed by atoms with E-state index in [-0.39, 0.29) is 24.1 Å². The van der Waals surface area contributed by atoms with Crippen LogP contribution in [-0.2, 0) is 19.0 Å². The van der Waals surface area contributed by atoms with Gasteiger partial charge in [-0.1, -0.05) is 137 Å². The third-order valence-electron chi connectivity index (χ3n) is 16.7. The average Bonchev–Trinajstić information content (AvgIpc) is 3.54. The Hall–Kier alpha value is -0.990. The number of aliphatic hydroxyl groups excluding tert-OH is 3. The van der Waals surface area contributed by atoms with Crippen molar-refractivity contribution >= 4 is 5.97 Å². The first-order valence-corrected chi connectivity index (χ1v) is 24.0. The second-order valence-corrected chi connectivity index (χ2v) is 20.4. The number of ether oxygens (including phenoxy) is 3. The van der Waals surface area contributed by atoms with Gasteiger partial charge in [0, 0.05) is 6.42 Å². The number of hydrogen-bond donors (Lipinski definition) is 3. The van der Waals surface area contributed by atoms with Crippen LogP contribution < -0.4 is 0 Å². The fraction of sp³-hybridized carbons (Fsp3) is 0.939. The zero-order valence-corrected chi connectivity index (χ0v) is 37.0. The minimum absolute atomic E-state index is 0.138. The summed E-state index contributed by atoms with van der Waals surface area (Å²) < 4.78 is 18.0. The predicted octanol–water partition coefficient (Wildman–Crippen LogP) is 11.1. The molecule has 0 aromatic rings. The number of carbonyl (C=O) groups excluding carboxylic acids is 1. The monoisotopic (exact) mass is 787 g/mol. The van der Waals surface area contributed by atoms with E-state index < -0.39 is 30.7 Å². The van der Waals surface area contributed by atoms with Crippen LogP contribution in [0.25, 0.3) is 0 Å². The highest BCUT2D eigenvalue weighted by Gasteiger charge is 2.59. The lowest BCUT2D eigenvalue weighted by atomic mass is 9.47. The molecule has 4 aliphatic carbocycles. The summed E-state index contributed by atoms with van der Waals surface area (Å²) in [5.74, 6) is 5.24. The standard InChI is InChI=1S/C49H86O7/c1-8-10-11-12-13-14-15-16-17-18-19-20-43(50)54-32-42-44(51)45(52)46(53)47(56-42)55-37-27-29-48(6)36(31-37)23-24-38-40-26-25-39(49(40,7)30-28-41(38)48)34(5)21-22-35(9-2)33(3)4/h23,33-35,37-42,44-47,51-53H,8-22,24-32H2,1-7H3/t34-,35-,37?,38+,39-,40+,41+,42?,44?,45?,46?,47?,48+,49-/m1/s1. The van der Waals surface area contributed by atoms with Crippen LogP contribution in [-0.4, -0.2) is 64.7 Å². The van der Waals surface area contributed by atoms with Crippen molar-refractivity contribution in [1.82, 2.24) is 0 Å². The molecule has 324 valence electrons. The minimum atomic E-state index is -1.44. The van der Waals surface area contributed by atoms with E-state index >= 15 is 0 Å². The second kappa shape index (κ2) is 21.5. The van der Waals surface area contributed by atoms with Crippen LogP contribution in [0.5, 0.6) is 0 Å². The molecule has 0 aromatic carbocycles. The molecule has 0 bridgehead atoms. The number of fused-ring (bicyclic) bond motifs is 5. The molecule has 6 unspecified atom stereocenters. The largest absolute Gasteiger partial charge is 0.463 e. The molecule has 7 heteroatoms. The molecular weight excluding hydrogens is 701 g/mol. The van der Waals surface area contributed by atoms with Crippen molar-refractivity contribution in [3.05, 3.63) is 11.6 Å². The zero-order chi connectivity index (χ0) is 40.5. The summed E-state index contributed by atoms with van der Waals surface area (Å²) in [6.45, 7) is 17.0. The normalized spacial score (nSPS) is 38.0. The van der Waals surface area contributed by atoms with Crippen LogP contribution in [0.1, 0.15) is 196 Å². The first-order chi connectivity index (χ1) is 26.8. The van der Waals surface area contributed by atoms with Crippen LogP contribution in [0.4, 0.5) is 0 Å². The van der Waals surface area contributed by atoms with Gasteiger partial charge in [0.1, 0.15) is 31.0 Å². The molecular formula is C49H86O7. The summed E-state index contributed by atoms with van der Waals surface area (Å²) in [5.41, 5.74) is 2.13. The molecule has 0 spiro atoms. The molecule has 0 aromatic heterocycles. The van der Waals surface area contributed by atoms with Crippen molar-refractivity contribution < 1.29 is 34.3 Å². The third kappa shape index (κ3) is 11.0. The van der Waals surface area contributed by atoms with Crippen molar-refractivity contribution in [1.29, 1.82) is 0 Å². The number of carbonyl (C=O) groups is 1. The van der Waals surface area contributed by atoms with Gasteiger partial charge >= 0.3 is 5.97 Å². The van der Waals surface area contributed by atoms with Gasteiger partial charge in [-0.15, -0.1) is 0 Å². The summed E-state index contributed by atoms with van der Waals surface area (Å²) >= 11 is 0. The van der Waals surface area contributed by atoms with Crippen molar-refractivity contribution in [2.75, 3.05) is 6.61 Å². The Morgan fingerprint density at radius 3 is 2.16 bits per heavy atom. The molecule has 56 heavy (non-hydrogen) atoms. The van der Waals surface area contributed by atoms with Gasteiger partial charge in [-0.05, 0) is 116 Å². The highest BCUT2D eigenvalue weighted by Crippen LogP contribution is 2.67. The zero-order valence-electron chi connectivity index (χ0n) is 37.0. The maximum Gasteiger partial charge on any atom is 0.305 e. The average molecular weight is 787 g/mol. The third-order valence-corrected chi connectivity index (χ3v) is 16.7. The fourth-order valence-electron chi connectivity index (χ4n) is 12.9. The smallest absolute Gasteiger partial charge is 0.305 e. The van der Waals surface area contributed by atoms with E-state index in [4.69, 9.17) is 14.2 Å². The molecule has 3 N–H and O–H groups in total. The van der Waals surface area contributed by atoms with E-state index in [1.54, 1.807) is 0 Å². The maximum atomic E-state index is 12.6. The van der Waals surface area contributed by atoms with E-state index in [0.29, 0.717) is 17.8 Å². The molecule has 3 saturated carbocycles. The van der Waals surface area contributed by atoms with E-state index in [1.165, 1.54) is 102 Å². The Morgan fingerprint density at radius 1 is 0.821 bits per heavy atom. The van der Waals surface area contributed by atoms with E-state index in [1.807, 2.05) is 0 Å². The van der Waals surface area contributed by atoms with E-state index in [0.717, 1.165) is 80.5 Å².